The van der Waals surface area contributed by atoms with Crippen molar-refractivity contribution in [1.29, 1.82) is 0 Å². The molecule has 2 aromatic rings. The van der Waals surface area contributed by atoms with Gasteiger partial charge in [-0.3, -0.25) is 0 Å². The van der Waals surface area contributed by atoms with E-state index in [0.717, 1.165) is 16.7 Å². The lowest BCUT2D eigenvalue weighted by Crippen LogP contribution is -2.02. The molecule has 0 saturated heterocycles. The van der Waals surface area contributed by atoms with Crippen LogP contribution in [0.5, 0.6) is 0 Å². The van der Waals surface area contributed by atoms with Crippen LogP contribution in [0.25, 0.3) is 0 Å². The van der Waals surface area contributed by atoms with Gasteiger partial charge in [-0.1, -0.05) is 35.9 Å². The summed E-state index contributed by atoms with van der Waals surface area (Å²) < 4.78 is 5.40. The molecular formula is C16H15ClO2. The van der Waals surface area contributed by atoms with Gasteiger partial charge in [0.1, 0.15) is 6.10 Å². The van der Waals surface area contributed by atoms with Crippen LogP contribution in [0.3, 0.4) is 0 Å². The maximum atomic E-state index is 10.5. The van der Waals surface area contributed by atoms with Crippen LogP contribution in [0.15, 0.2) is 36.4 Å². The highest BCUT2D eigenvalue weighted by atomic mass is 35.5. The zero-order valence-corrected chi connectivity index (χ0v) is 11.4. The van der Waals surface area contributed by atoms with Crippen molar-refractivity contribution in [2.75, 3.05) is 0 Å². The Morgan fingerprint density at radius 1 is 1.11 bits per heavy atom. The predicted octanol–water partition coefficient (Wildman–Crippen LogP) is 3.76. The number of rotatable bonds is 2. The van der Waals surface area contributed by atoms with E-state index in [1.54, 1.807) is 0 Å². The van der Waals surface area contributed by atoms with Crippen molar-refractivity contribution >= 4 is 11.6 Å². The summed E-state index contributed by atoms with van der Waals surface area (Å²) in [6.07, 6.45) is -0.622. The molecule has 0 radical (unpaired) electrons. The molecule has 1 unspecified atom stereocenters. The first-order chi connectivity index (χ1) is 9.15. The van der Waals surface area contributed by atoms with Crippen molar-refractivity contribution in [1.82, 2.24) is 0 Å². The molecule has 1 aliphatic heterocycles. The van der Waals surface area contributed by atoms with Gasteiger partial charge >= 0.3 is 0 Å². The van der Waals surface area contributed by atoms with Crippen LogP contribution < -0.4 is 0 Å². The minimum Gasteiger partial charge on any atom is -0.384 e. The third-order valence-corrected chi connectivity index (χ3v) is 3.82. The van der Waals surface area contributed by atoms with Gasteiger partial charge in [0.15, 0.2) is 0 Å². The van der Waals surface area contributed by atoms with Gasteiger partial charge in [-0.25, -0.2) is 0 Å². The molecule has 19 heavy (non-hydrogen) atoms. The fourth-order valence-corrected chi connectivity index (χ4v) is 2.71. The van der Waals surface area contributed by atoms with Crippen molar-refractivity contribution in [2.45, 2.75) is 26.2 Å². The van der Waals surface area contributed by atoms with Gasteiger partial charge in [0.25, 0.3) is 0 Å². The van der Waals surface area contributed by atoms with Gasteiger partial charge in [-0.05, 0) is 46.9 Å². The lowest BCUT2D eigenvalue weighted by Gasteiger charge is -2.15. The molecule has 1 atom stereocenters. The number of aryl methyl sites for hydroxylation is 1. The summed E-state index contributed by atoms with van der Waals surface area (Å²) in [5, 5.41) is 11.2. The summed E-state index contributed by atoms with van der Waals surface area (Å²) >= 11 is 5.95. The zero-order chi connectivity index (χ0) is 13.4. The second-order valence-corrected chi connectivity index (χ2v) is 5.36. The molecule has 0 bridgehead atoms. The van der Waals surface area contributed by atoms with E-state index in [4.69, 9.17) is 16.3 Å². The van der Waals surface area contributed by atoms with Crippen LogP contribution in [0.4, 0.5) is 0 Å². The van der Waals surface area contributed by atoms with E-state index in [-0.39, 0.29) is 0 Å². The molecule has 1 N–H and O–H groups in total. The molecule has 0 spiro atoms. The van der Waals surface area contributed by atoms with E-state index in [0.29, 0.717) is 18.2 Å². The molecule has 2 nitrogen and oxygen atoms in total. The summed E-state index contributed by atoms with van der Waals surface area (Å²) in [5.74, 6) is 0. The molecule has 98 valence electrons. The number of ether oxygens (including phenoxy) is 1. The first-order valence-electron chi connectivity index (χ1n) is 6.29. The molecule has 0 aliphatic carbocycles. The van der Waals surface area contributed by atoms with Crippen molar-refractivity contribution < 1.29 is 9.84 Å². The SMILES string of the molecule is Cc1cc(Cl)ccc1C(O)c1ccc2c(c1)COC2. The first kappa shape index (κ1) is 12.7. The molecule has 0 amide bonds. The third kappa shape index (κ3) is 2.39. The molecule has 3 rings (SSSR count). The van der Waals surface area contributed by atoms with Gasteiger partial charge < -0.3 is 9.84 Å². The fraction of sp³-hybridized carbons (Fsp3) is 0.250. The van der Waals surface area contributed by atoms with E-state index < -0.39 is 6.10 Å². The Bertz CT molecular complexity index is 622. The highest BCUT2D eigenvalue weighted by molar-refractivity contribution is 6.30. The quantitative estimate of drug-likeness (QED) is 0.903. The number of hydrogen-bond donors (Lipinski definition) is 1. The summed E-state index contributed by atoms with van der Waals surface area (Å²) in [6.45, 7) is 3.27. The minimum absolute atomic E-state index is 0.622. The van der Waals surface area contributed by atoms with E-state index in [9.17, 15) is 5.11 Å². The van der Waals surface area contributed by atoms with Gasteiger partial charge in [-0.15, -0.1) is 0 Å². The van der Waals surface area contributed by atoms with Crippen molar-refractivity contribution in [2.24, 2.45) is 0 Å². The lowest BCUT2D eigenvalue weighted by molar-refractivity contribution is 0.134. The van der Waals surface area contributed by atoms with Crippen molar-refractivity contribution in [3.05, 3.63) is 69.2 Å². The maximum Gasteiger partial charge on any atom is 0.104 e. The Balaban J connectivity index is 1.97. The average molecular weight is 275 g/mol. The second kappa shape index (κ2) is 4.97. The molecule has 0 fully saturated rings. The second-order valence-electron chi connectivity index (χ2n) is 4.92. The Morgan fingerprint density at radius 2 is 1.89 bits per heavy atom. The van der Waals surface area contributed by atoms with E-state index >= 15 is 0 Å². The lowest BCUT2D eigenvalue weighted by atomic mass is 9.95. The van der Waals surface area contributed by atoms with Gasteiger partial charge in [0.05, 0.1) is 13.2 Å². The topological polar surface area (TPSA) is 29.5 Å². The van der Waals surface area contributed by atoms with Crippen LogP contribution in [0.2, 0.25) is 5.02 Å². The van der Waals surface area contributed by atoms with Crippen LogP contribution in [0.1, 0.15) is 33.9 Å². The van der Waals surface area contributed by atoms with Gasteiger partial charge in [0, 0.05) is 5.02 Å². The van der Waals surface area contributed by atoms with Gasteiger partial charge in [-0.2, -0.15) is 0 Å². The first-order valence-corrected chi connectivity index (χ1v) is 6.66. The Labute approximate surface area is 117 Å². The Kier molecular flexibility index (Phi) is 3.31. The fourth-order valence-electron chi connectivity index (χ4n) is 2.49. The standard InChI is InChI=1S/C16H15ClO2/c1-10-6-14(17)4-5-15(10)16(18)11-2-3-12-8-19-9-13(12)7-11/h2-7,16,18H,8-9H2,1H3. The number of aliphatic hydroxyl groups excluding tert-OH is 1. The summed E-state index contributed by atoms with van der Waals surface area (Å²) in [4.78, 5) is 0. The smallest absolute Gasteiger partial charge is 0.104 e. The molecule has 3 heteroatoms. The molecule has 0 aromatic heterocycles. The van der Waals surface area contributed by atoms with Gasteiger partial charge in [0.2, 0.25) is 0 Å². The van der Waals surface area contributed by atoms with Crippen LogP contribution >= 0.6 is 11.6 Å². The monoisotopic (exact) mass is 274 g/mol. The third-order valence-electron chi connectivity index (χ3n) is 3.59. The van der Waals surface area contributed by atoms with E-state index in [1.807, 2.05) is 43.3 Å². The van der Waals surface area contributed by atoms with Crippen molar-refractivity contribution in [3.63, 3.8) is 0 Å². The van der Waals surface area contributed by atoms with Crippen LogP contribution in [-0.4, -0.2) is 5.11 Å². The van der Waals surface area contributed by atoms with Crippen molar-refractivity contribution in [3.8, 4) is 0 Å². The molecule has 1 aliphatic rings. The van der Waals surface area contributed by atoms with E-state index in [1.165, 1.54) is 11.1 Å². The average Bonchev–Trinajstić information content (AvgIpc) is 2.85. The Hall–Kier alpha value is -1.35. The number of benzene rings is 2. The largest absolute Gasteiger partial charge is 0.384 e. The molecule has 0 saturated carbocycles. The highest BCUT2D eigenvalue weighted by Crippen LogP contribution is 2.29. The summed E-state index contributed by atoms with van der Waals surface area (Å²) in [5.41, 5.74) is 5.17. The number of halogens is 1. The minimum atomic E-state index is -0.622. The summed E-state index contributed by atoms with van der Waals surface area (Å²) in [6, 6.07) is 11.6. The summed E-state index contributed by atoms with van der Waals surface area (Å²) in [7, 11) is 0. The zero-order valence-electron chi connectivity index (χ0n) is 10.7. The number of aliphatic hydroxyl groups is 1. The number of fused-ring (bicyclic) bond motifs is 1. The number of hydrogen-bond acceptors (Lipinski definition) is 2. The maximum absolute atomic E-state index is 10.5. The highest BCUT2D eigenvalue weighted by Gasteiger charge is 2.17. The Morgan fingerprint density at radius 3 is 2.68 bits per heavy atom. The van der Waals surface area contributed by atoms with Crippen LogP contribution in [-0.2, 0) is 18.0 Å². The van der Waals surface area contributed by atoms with Crippen LogP contribution in [0, 0.1) is 6.92 Å². The molecular weight excluding hydrogens is 260 g/mol. The molecule has 2 aromatic carbocycles. The normalized spacial score (nSPS) is 15.3. The molecule has 1 heterocycles. The predicted molar refractivity (Wildman–Crippen MR) is 75.2 cm³/mol. The van der Waals surface area contributed by atoms with E-state index in [2.05, 4.69) is 0 Å².